The molecule has 1 aliphatic carbocycles. The number of halogens is 3. The number of carbonyl (C=O) groups is 4. The third kappa shape index (κ3) is 16.1. The second kappa shape index (κ2) is 27.0. The first-order chi connectivity index (χ1) is 34.5. The number of aliphatic hydroxyl groups excluding tert-OH is 2. The first-order valence-electron chi connectivity index (χ1n) is 26.3. The van der Waals surface area contributed by atoms with Gasteiger partial charge in [-0.1, -0.05) is 75.8 Å². The molecule has 5 rings (SSSR count). The van der Waals surface area contributed by atoms with Crippen LogP contribution in [0.3, 0.4) is 0 Å². The van der Waals surface area contributed by atoms with Gasteiger partial charge in [0, 0.05) is 50.4 Å². The van der Waals surface area contributed by atoms with E-state index in [1.54, 1.807) is 59.1 Å². The summed E-state index contributed by atoms with van der Waals surface area (Å²) in [5, 5.41) is 37.4. The normalized spacial score (nSPS) is 37.4. The van der Waals surface area contributed by atoms with Crippen LogP contribution in [0, 0.1) is 29.6 Å². The van der Waals surface area contributed by atoms with Crippen molar-refractivity contribution in [1.82, 2.24) is 4.90 Å². The number of aliphatic hydroxyl groups is 3. The number of carbonyl (C=O) groups excluding carboxylic acids is 4. The zero-order valence-corrected chi connectivity index (χ0v) is 44.0. The summed E-state index contributed by atoms with van der Waals surface area (Å²) >= 11 is 0. The number of nitrogens with one attached hydrogen (secondary N) is 1. The summed E-state index contributed by atoms with van der Waals surface area (Å²) in [6.45, 7) is 10.9. The van der Waals surface area contributed by atoms with E-state index >= 15 is 0 Å². The maximum atomic E-state index is 14.5. The Hall–Kier alpha value is -4.23. The highest BCUT2D eigenvalue weighted by atomic mass is 19.4. The van der Waals surface area contributed by atoms with Crippen LogP contribution >= 0.6 is 0 Å². The van der Waals surface area contributed by atoms with E-state index in [0.717, 1.165) is 18.6 Å². The Balaban J connectivity index is 1.50. The van der Waals surface area contributed by atoms with Crippen molar-refractivity contribution in [2.75, 3.05) is 26.1 Å². The van der Waals surface area contributed by atoms with Gasteiger partial charge in [0.15, 0.2) is 5.78 Å². The molecule has 7 unspecified atom stereocenters. The number of fused-ring (bicyclic) bond motifs is 3. The van der Waals surface area contributed by atoms with Crippen LogP contribution in [0.4, 0.5) is 18.9 Å². The molecule has 1 saturated carbocycles. The van der Waals surface area contributed by atoms with Crippen molar-refractivity contribution in [3.05, 3.63) is 77.4 Å². The summed E-state index contributed by atoms with van der Waals surface area (Å²) in [6.07, 6.45) is 7.00. The number of cyclic esters (lactones) is 1. The van der Waals surface area contributed by atoms with Gasteiger partial charge >= 0.3 is 12.1 Å². The van der Waals surface area contributed by atoms with Crippen LogP contribution in [0.25, 0.3) is 0 Å². The predicted molar refractivity (Wildman–Crippen MR) is 272 cm³/mol. The number of rotatable bonds is 7. The minimum atomic E-state index is -4.59. The zero-order chi connectivity index (χ0) is 53.8. The zero-order valence-electron chi connectivity index (χ0n) is 44.0. The molecular weight excluding hydrogens is 948 g/mol. The van der Waals surface area contributed by atoms with E-state index in [2.05, 4.69) is 5.32 Å². The summed E-state index contributed by atoms with van der Waals surface area (Å²) in [6, 6.07) is 2.37. The fourth-order valence-corrected chi connectivity index (χ4v) is 11.0. The standard InChI is InChI=1S/C56H82F3N3O11/c1-33-15-10-9-11-16-34(2)44(61-42-18-14-17-40(31-42)56(57,58)59)32-43-23-20-38(6)55(69,73-43)52(66)53(67)62-26-13-12-19-45(62)54(68)72-47(35(3)28-39-21-24-46(63)48(30-39)70-7)25-22-41(60)29-37(5)50(65)51(71-8)49(64)36(4)27-33/h9-11,14-18,29,31,33,35-36,38-39,41,43-48,50-51,61,63,65,69H,12-13,19-28,30,32,60H2,1-8H3/b11-9+,15-10+,34-16+,37-29+/t33-,35-,36?,38?,39?,41+,43+,44-,45?,46-,47+,48?,50?,51+,55?/m1/s1. The number of hydrogen-bond donors (Lipinski definition) is 5. The maximum absolute atomic E-state index is 14.5. The van der Waals surface area contributed by atoms with Crippen LogP contribution in [0.15, 0.2) is 71.9 Å². The Morgan fingerprint density at radius 1 is 0.904 bits per heavy atom. The molecule has 3 fully saturated rings. The number of piperidine rings is 1. The first kappa shape index (κ1) is 59.6. The number of ketones is 2. The van der Waals surface area contributed by atoms with E-state index in [-0.39, 0.29) is 61.1 Å². The fraction of sp³-hybridized carbons (Fsp3) is 0.679. The smallest absolute Gasteiger partial charge is 0.416 e. The van der Waals surface area contributed by atoms with Crippen LogP contribution in [-0.4, -0.2) is 125 Å². The van der Waals surface area contributed by atoms with Gasteiger partial charge in [0.1, 0.15) is 24.4 Å². The molecule has 0 radical (unpaired) electrons. The molecular formula is C56H82F3N3O11. The molecule has 2 saturated heterocycles. The van der Waals surface area contributed by atoms with Crippen molar-refractivity contribution >= 4 is 29.1 Å². The van der Waals surface area contributed by atoms with Crippen LogP contribution in [0.5, 0.6) is 0 Å². The number of esters is 1. The van der Waals surface area contributed by atoms with E-state index in [0.29, 0.717) is 68.9 Å². The molecule has 1 aromatic rings. The highest BCUT2D eigenvalue weighted by molar-refractivity contribution is 6.39. The van der Waals surface area contributed by atoms with Crippen molar-refractivity contribution in [3.63, 3.8) is 0 Å². The maximum Gasteiger partial charge on any atom is 0.416 e. The first-order valence-corrected chi connectivity index (χ1v) is 26.3. The number of amides is 1. The predicted octanol–water partition coefficient (Wildman–Crippen LogP) is 8.18. The van der Waals surface area contributed by atoms with Gasteiger partial charge < -0.3 is 50.2 Å². The number of methoxy groups -OCH3 is 2. The molecule has 1 aromatic carbocycles. The van der Waals surface area contributed by atoms with Gasteiger partial charge in [-0.05, 0) is 139 Å². The molecule has 6 N–H and O–H groups in total. The molecule has 1 amide bonds. The number of allylic oxidation sites excluding steroid dienone is 5. The molecule has 15 atom stereocenters. The lowest BCUT2D eigenvalue weighted by molar-refractivity contribution is -0.263. The molecule has 0 aromatic heterocycles. The molecule has 17 heteroatoms. The summed E-state index contributed by atoms with van der Waals surface area (Å²) < 4.78 is 65.2. The number of Topliss-reactive ketones (excluding diaryl/α,β-unsaturated/α-hetero) is 2. The Morgan fingerprint density at radius 2 is 1.64 bits per heavy atom. The molecule has 14 nitrogen and oxygen atoms in total. The van der Waals surface area contributed by atoms with E-state index in [1.807, 2.05) is 26.0 Å². The van der Waals surface area contributed by atoms with Crippen LogP contribution in [0.2, 0.25) is 0 Å². The Morgan fingerprint density at radius 3 is 2.34 bits per heavy atom. The van der Waals surface area contributed by atoms with Crippen molar-refractivity contribution in [2.24, 2.45) is 35.3 Å². The third-order valence-corrected chi connectivity index (χ3v) is 15.6. The number of anilines is 1. The minimum absolute atomic E-state index is 0.0524. The minimum Gasteiger partial charge on any atom is -0.461 e. The summed E-state index contributed by atoms with van der Waals surface area (Å²) in [7, 11) is 2.95. The van der Waals surface area contributed by atoms with Crippen LogP contribution < -0.4 is 11.1 Å². The largest absolute Gasteiger partial charge is 0.461 e. The summed E-state index contributed by atoms with van der Waals surface area (Å²) in [5.41, 5.74) is 7.16. The average molecular weight is 1030 g/mol. The number of hydrogen-bond acceptors (Lipinski definition) is 13. The topological polar surface area (TPSA) is 207 Å². The highest BCUT2D eigenvalue weighted by Crippen LogP contribution is 2.38. The lowest BCUT2D eigenvalue weighted by Gasteiger charge is -2.43. The van der Waals surface area contributed by atoms with Crippen molar-refractivity contribution in [3.8, 4) is 0 Å². The van der Waals surface area contributed by atoms with Gasteiger partial charge in [0.2, 0.25) is 5.79 Å². The number of ether oxygens (including phenoxy) is 4. The fourth-order valence-electron chi connectivity index (χ4n) is 11.0. The van der Waals surface area contributed by atoms with Gasteiger partial charge in [-0.2, -0.15) is 13.2 Å². The quantitative estimate of drug-likeness (QED) is 0.0994. The number of nitrogens with two attached hydrogens (primary N) is 1. The van der Waals surface area contributed by atoms with E-state index in [9.17, 15) is 47.7 Å². The van der Waals surface area contributed by atoms with Gasteiger partial charge in [-0.25, -0.2) is 4.79 Å². The lowest BCUT2D eigenvalue weighted by Crippen LogP contribution is -2.61. The Kier molecular flexibility index (Phi) is 22.1. The van der Waals surface area contributed by atoms with E-state index in [4.69, 9.17) is 24.7 Å². The van der Waals surface area contributed by atoms with Crippen LogP contribution in [-0.2, 0) is 44.3 Å². The van der Waals surface area contributed by atoms with Gasteiger partial charge in [0.25, 0.3) is 11.7 Å². The summed E-state index contributed by atoms with van der Waals surface area (Å²) in [5.74, 6) is -7.26. The average Bonchev–Trinajstić information content (AvgIpc) is 3.35. The van der Waals surface area contributed by atoms with Gasteiger partial charge in [0.05, 0.1) is 23.9 Å². The Bertz CT molecular complexity index is 2150. The van der Waals surface area contributed by atoms with E-state index < -0.39 is 95.7 Å². The Labute approximate surface area is 430 Å². The second-order valence-electron chi connectivity index (χ2n) is 21.4. The van der Waals surface area contributed by atoms with Crippen molar-refractivity contribution < 1.29 is 66.6 Å². The monoisotopic (exact) mass is 1030 g/mol. The third-order valence-electron chi connectivity index (χ3n) is 15.6. The molecule has 0 spiro atoms. The number of nitrogens with zero attached hydrogens (tertiary/aromatic N) is 1. The summed E-state index contributed by atoms with van der Waals surface area (Å²) in [4.78, 5) is 58.3. The molecule has 4 aliphatic rings. The number of benzene rings is 1. The van der Waals surface area contributed by atoms with Crippen LogP contribution in [0.1, 0.15) is 131 Å². The van der Waals surface area contributed by atoms with Crippen molar-refractivity contribution in [2.45, 2.75) is 192 Å². The highest BCUT2D eigenvalue weighted by Gasteiger charge is 2.53. The number of alkyl halides is 3. The van der Waals surface area contributed by atoms with E-state index in [1.165, 1.54) is 24.1 Å². The molecule has 3 heterocycles. The molecule has 2 bridgehead atoms. The van der Waals surface area contributed by atoms with Gasteiger partial charge in [-0.15, -0.1) is 0 Å². The van der Waals surface area contributed by atoms with Gasteiger partial charge in [-0.3, -0.25) is 14.4 Å². The lowest BCUT2D eigenvalue weighted by atomic mass is 9.78. The second-order valence-corrected chi connectivity index (χ2v) is 21.4. The van der Waals surface area contributed by atoms with Crippen molar-refractivity contribution in [1.29, 1.82) is 0 Å². The molecule has 73 heavy (non-hydrogen) atoms. The SMILES string of the molecule is COC1CC(C[C@@H](C)[C@@H]2CC[C@H](N)/C=C(\C)C(O)[C@@H](OC)C(=O)C(C)C[C@H](C)/C=C/C=C/C=C(\C)[C@H](Nc3cccc(C(F)(F)F)c3)C[C@@H]3CCC(C)C(O)(O3)C(=O)C(=O)N3CCCCC3C(=O)O2)CC[C@H]1O. The molecule has 3 aliphatic heterocycles. The molecule has 408 valence electrons.